The molecule has 0 fully saturated rings. The molecule has 0 aromatic heterocycles. The van der Waals surface area contributed by atoms with E-state index in [4.69, 9.17) is 16.9 Å². The maximum absolute atomic E-state index is 9.77. The first-order valence-electron chi connectivity index (χ1n) is 2.06. The van der Waals surface area contributed by atoms with Gasteiger partial charge in [0, 0.05) is 0 Å². The Morgan fingerprint density at radius 1 is 1.50 bits per heavy atom. The van der Waals surface area contributed by atoms with Crippen molar-refractivity contribution in [1.82, 2.24) is 0 Å². The van der Waals surface area contributed by atoms with Crippen molar-refractivity contribution < 1.29 is 9.09 Å². The van der Waals surface area contributed by atoms with Crippen molar-refractivity contribution in [3.63, 3.8) is 0 Å². The van der Waals surface area contributed by atoms with Gasteiger partial charge in [0.15, 0.2) is 0 Å². The van der Waals surface area contributed by atoms with Crippen LogP contribution in [0.3, 0.4) is 0 Å². The summed E-state index contributed by atoms with van der Waals surface area (Å²) in [6.45, 7) is 0. The zero-order valence-electron chi connectivity index (χ0n) is 4.74. The lowest BCUT2D eigenvalue weighted by Gasteiger charge is -2.02. The van der Waals surface area contributed by atoms with E-state index in [9.17, 15) is 4.57 Å². The number of rotatable bonds is 2. The second-order valence-electron chi connectivity index (χ2n) is 1.21. The topological polar surface area (TPSA) is 73.9 Å². The lowest BCUT2D eigenvalue weighted by atomic mass is 10.1. The molecule has 5 heteroatoms. The van der Waals surface area contributed by atoms with Crippen LogP contribution in [-0.4, -0.2) is 5.60 Å². The van der Waals surface area contributed by atoms with Crippen molar-refractivity contribution in [1.29, 1.82) is 10.5 Å². The Balaban J connectivity index is 4.60. The third-order valence-electron chi connectivity index (χ3n) is 0.692. The maximum Gasteiger partial charge on any atom is 0.330 e. The molecule has 0 amide bonds. The van der Waals surface area contributed by atoms with Crippen molar-refractivity contribution in [2.24, 2.45) is 0 Å². The fraction of sp³-hybridized carbons (Fsp3) is 0.200. The number of hydrogen-bond donors (Lipinski definition) is 0. The first-order chi connectivity index (χ1) is 4.74. The van der Waals surface area contributed by atoms with Crippen molar-refractivity contribution >= 4 is 8.69 Å². The van der Waals surface area contributed by atoms with Crippen LogP contribution in [0.4, 0.5) is 0 Å². The molecule has 0 bridgehead atoms. The predicted octanol–water partition coefficient (Wildman–Crippen LogP) is 0.629. The van der Waals surface area contributed by atoms with Crippen LogP contribution in [0.5, 0.6) is 0 Å². The van der Waals surface area contributed by atoms with Gasteiger partial charge in [0.2, 0.25) is 0 Å². The highest BCUT2D eigenvalue weighted by atomic mass is 31.1. The predicted molar refractivity (Wildman–Crippen MR) is 31.5 cm³/mol. The third kappa shape index (κ3) is 1.54. The van der Waals surface area contributed by atoms with Gasteiger partial charge in [0.25, 0.3) is 0 Å². The van der Waals surface area contributed by atoms with Crippen LogP contribution >= 0.6 is 8.69 Å². The second-order valence-corrected chi connectivity index (χ2v) is 1.55. The molecular formula is C5HN2O2P. The average Bonchev–Trinajstić information content (AvgIpc) is 2.01. The molecule has 0 saturated carbocycles. The summed E-state index contributed by atoms with van der Waals surface area (Å²) in [6, 6.07) is 2.78. The summed E-state index contributed by atoms with van der Waals surface area (Å²) in [5.41, 5.74) is -2.01. The van der Waals surface area contributed by atoms with Crippen LogP contribution in [0, 0.1) is 35.0 Å². The molecule has 0 N–H and O–H groups in total. The van der Waals surface area contributed by atoms with Crippen molar-refractivity contribution in [3.05, 3.63) is 0 Å². The van der Waals surface area contributed by atoms with E-state index in [0.29, 0.717) is 0 Å². The first-order valence-corrected chi connectivity index (χ1v) is 2.79. The van der Waals surface area contributed by atoms with Gasteiger partial charge >= 0.3 is 14.3 Å². The first kappa shape index (κ1) is 8.60. The summed E-state index contributed by atoms with van der Waals surface area (Å²) in [6.07, 6.45) is 4.75. The quantitative estimate of drug-likeness (QED) is 0.429. The van der Waals surface area contributed by atoms with E-state index in [-0.39, 0.29) is 0 Å². The number of terminal acetylenes is 1. The molecule has 0 aromatic carbocycles. The Morgan fingerprint density at radius 3 is 2.10 bits per heavy atom. The normalized spacial score (nSPS) is 9.30. The van der Waals surface area contributed by atoms with E-state index >= 15 is 0 Å². The minimum Gasteiger partial charge on any atom is -0.245 e. The summed E-state index contributed by atoms with van der Waals surface area (Å²) in [4.78, 5) is 0. The molecule has 0 spiro atoms. The van der Waals surface area contributed by atoms with Crippen LogP contribution < -0.4 is 0 Å². The Bertz CT molecular complexity index is 218. The fourth-order valence-corrected chi connectivity index (χ4v) is 0.459. The number of nitrogens with zero attached hydrogens (tertiary/aromatic N) is 2. The average molecular weight is 152 g/mol. The van der Waals surface area contributed by atoms with Crippen LogP contribution in [0.15, 0.2) is 0 Å². The Kier molecular flexibility index (Phi) is 3.09. The van der Waals surface area contributed by atoms with Gasteiger partial charge < -0.3 is 0 Å². The minimum atomic E-state index is -2.01. The zero-order chi connectivity index (χ0) is 8.04. The highest BCUT2D eigenvalue weighted by Gasteiger charge is 2.28. The van der Waals surface area contributed by atoms with Crippen LogP contribution in [0.2, 0.25) is 0 Å². The van der Waals surface area contributed by atoms with E-state index in [1.165, 1.54) is 12.1 Å². The van der Waals surface area contributed by atoms with Crippen LogP contribution in [0.1, 0.15) is 0 Å². The SMILES string of the molecule is C#CC(C#N)(C#N)OP=O. The van der Waals surface area contributed by atoms with E-state index < -0.39 is 14.3 Å². The van der Waals surface area contributed by atoms with Gasteiger partial charge in [-0.15, -0.1) is 6.42 Å². The molecule has 48 valence electrons. The Hall–Kier alpha value is -1.40. The lowest BCUT2D eigenvalue weighted by Crippen LogP contribution is -2.21. The third-order valence-corrected chi connectivity index (χ3v) is 1.04. The second kappa shape index (κ2) is 3.59. The number of nitriles is 2. The molecule has 0 saturated heterocycles. The fourth-order valence-electron chi connectivity index (χ4n) is 0.213. The molecule has 0 aliphatic heterocycles. The van der Waals surface area contributed by atoms with Crippen LogP contribution in [0.25, 0.3) is 0 Å². The molecule has 4 nitrogen and oxygen atoms in total. The molecule has 10 heavy (non-hydrogen) atoms. The van der Waals surface area contributed by atoms with E-state index in [0.717, 1.165) is 0 Å². The zero-order valence-corrected chi connectivity index (χ0v) is 5.63. The standard InChI is InChI=1S/C5HN2O2P/c1-2-5(3-6,4-7)9-10-8/h1H. The molecule has 0 aliphatic rings. The lowest BCUT2D eigenvalue weighted by molar-refractivity contribution is 0.272. The van der Waals surface area contributed by atoms with Gasteiger partial charge in [0.1, 0.15) is 12.1 Å². The Labute approximate surface area is 59.3 Å². The molecule has 0 atom stereocenters. The largest absolute Gasteiger partial charge is 0.330 e. The monoisotopic (exact) mass is 152 g/mol. The van der Waals surface area contributed by atoms with Crippen LogP contribution in [-0.2, 0) is 9.09 Å². The van der Waals surface area contributed by atoms with E-state index in [1.807, 2.05) is 0 Å². The van der Waals surface area contributed by atoms with Gasteiger partial charge in [0.05, 0.1) is 0 Å². The molecule has 0 aliphatic carbocycles. The van der Waals surface area contributed by atoms with Gasteiger partial charge in [-0.1, -0.05) is 0 Å². The molecular weight excluding hydrogens is 151 g/mol. The summed E-state index contributed by atoms with van der Waals surface area (Å²) >= 11 is 0. The molecule has 0 unspecified atom stereocenters. The summed E-state index contributed by atoms with van der Waals surface area (Å²) < 4.78 is 13.9. The van der Waals surface area contributed by atoms with Crippen molar-refractivity contribution in [2.75, 3.05) is 0 Å². The van der Waals surface area contributed by atoms with E-state index in [1.54, 1.807) is 5.92 Å². The molecule has 0 heterocycles. The smallest absolute Gasteiger partial charge is 0.245 e. The van der Waals surface area contributed by atoms with Crippen molar-refractivity contribution in [3.8, 4) is 24.5 Å². The van der Waals surface area contributed by atoms with Gasteiger partial charge in [-0.05, 0) is 5.92 Å². The number of hydrogen-bond acceptors (Lipinski definition) is 4. The highest BCUT2D eigenvalue weighted by molar-refractivity contribution is 7.17. The highest BCUT2D eigenvalue weighted by Crippen LogP contribution is 2.13. The van der Waals surface area contributed by atoms with Gasteiger partial charge in [-0.25, -0.2) is 9.09 Å². The summed E-state index contributed by atoms with van der Waals surface area (Å²) in [7, 11) is -0.782. The maximum atomic E-state index is 9.77. The van der Waals surface area contributed by atoms with Gasteiger partial charge in [-0.3, -0.25) is 0 Å². The minimum absolute atomic E-state index is 0.782. The molecule has 0 aromatic rings. The van der Waals surface area contributed by atoms with E-state index in [2.05, 4.69) is 4.52 Å². The van der Waals surface area contributed by atoms with Gasteiger partial charge in [-0.2, -0.15) is 10.5 Å². The summed E-state index contributed by atoms with van der Waals surface area (Å²) in [5, 5.41) is 16.4. The molecule has 0 rings (SSSR count). The molecule has 0 radical (unpaired) electrons. The summed E-state index contributed by atoms with van der Waals surface area (Å²) in [5.74, 6) is 1.76. The van der Waals surface area contributed by atoms with Crippen molar-refractivity contribution in [2.45, 2.75) is 5.60 Å². The Morgan fingerprint density at radius 2 is 2.00 bits per heavy atom.